The van der Waals surface area contributed by atoms with E-state index in [9.17, 15) is 9.50 Å². The van der Waals surface area contributed by atoms with Crippen molar-refractivity contribution >= 4 is 22.8 Å². The highest BCUT2D eigenvalue weighted by molar-refractivity contribution is 5.83. The Kier molecular flexibility index (Phi) is 7.23. The third-order valence-electron chi connectivity index (χ3n) is 8.20. The van der Waals surface area contributed by atoms with Crippen LogP contribution in [0.15, 0.2) is 30.5 Å². The van der Waals surface area contributed by atoms with Gasteiger partial charge in [0.05, 0.1) is 17.3 Å². The molecule has 0 aliphatic carbocycles. The van der Waals surface area contributed by atoms with Crippen LogP contribution in [0.1, 0.15) is 51.2 Å². The lowest BCUT2D eigenvalue weighted by atomic mass is 10.1. The van der Waals surface area contributed by atoms with Gasteiger partial charge in [0.2, 0.25) is 5.95 Å². The minimum absolute atomic E-state index is 0.000675. The fourth-order valence-corrected chi connectivity index (χ4v) is 6.23. The van der Waals surface area contributed by atoms with E-state index in [4.69, 9.17) is 4.98 Å². The molecule has 0 amide bonds. The third-order valence-corrected chi connectivity index (χ3v) is 8.20. The average molecular weight is 577 g/mol. The number of anilines is 2. The quantitative estimate of drug-likeness (QED) is 0.339. The highest BCUT2D eigenvalue weighted by atomic mass is 19.1. The maximum Gasteiger partial charge on any atom is 0.229 e. The van der Waals surface area contributed by atoms with Gasteiger partial charge in [0.1, 0.15) is 22.9 Å². The van der Waals surface area contributed by atoms with Crippen LogP contribution in [0, 0.1) is 18.6 Å². The molecule has 1 fully saturated rings. The van der Waals surface area contributed by atoms with Crippen molar-refractivity contribution in [3.05, 3.63) is 59.2 Å². The van der Waals surface area contributed by atoms with E-state index in [2.05, 4.69) is 36.1 Å². The molecule has 2 N–H and O–H groups in total. The van der Waals surface area contributed by atoms with Gasteiger partial charge in [0.15, 0.2) is 11.6 Å². The van der Waals surface area contributed by atoms with Crippen molar-refractivity contribution in [1.82, 2.24) is 34.3 Å². The lowest BCUT2D eigenvalue weighted by Gasteiger charge is -2.30. The van der Waals surface area contributed by atoms with Gasteiger partial charge in [-0.05, 0) is 64.8 Å². The van der Waals surface area contributed by atoms with E-state index in [1.165, 1.54) is 11.6 Å². The number of hydrogen-bond acceptors (Lipinski definition) is 8. The van der Waals surface area contributed by atoms with Crippen molar-refractivity contribution in [3.63, 3.8) is 0 Å². The van der Waals surface area contributed by atoms with Gasteiger partial charge >= 0.3 is 0 Å². The van der Waals surface area contributed by atoms with Crippen LogP contribution in [0.3, 0.4) is 0 Å². The largest absolute Gasteiger partial charge is 0.389 e. The fraction of sp³-hybridized carbons (Fsp3) is 0.484. The number of aromatic nitrogens is 5. The van der Waals surface area contributed by atoms with Crippen LogP contribution in [0.25, 0.3) is 22.3 Å². The number of hydrogen-bond donors (Lipinski definition) is 2. The van der Waals surface area contributed by atoms with Gasteiger partial charge in [-0.25, -0.2) is 28.7 Å². The summed E-state index contributed by atoms with van der Waals surface area (Å²) in [6.07, 6.45) is 2.73. The number of benzene rings is 1. The van der Waals surface area contributed by atoms with Crippen LogP contribution in [0.4, 0.5) is 20.5 Å². The van der Waals surface area contributed by atoms with Crippen molar-refractivity contribution < 1.29 is 13.9 Å². The van der Waals surface area contributed by atoms with Gasteiger partial charge in [-0.2, -0.15) is 0 Å². The van der Waals surface area contributed by atoms with Gasteiger partial charge in [-0.1, -0.05) is 6.07 Å². The topological polar surface area (TPSA) is 95.2 Å². The first-order valence-corrected chi connectivity index (χ1v) is 14.5. The average Bonchev–Trinajstić information content (AvgIpc) is 3.46. The van der Waals surface area contributed by atoms with E-state index in [1.54, 1.807) is 6.07 Å². The predicted octanol–water partition coefficient (Wildman–Crippen LogP) is 4.79. The smallest absolute Gasteiger partial charge is 0.229 e. The Balaban J connectivity index is 1.19. The Morgan fingerprint density at radius 2 is 1.81 bits per heavy atom. The Bertz CT molecular complexity index is 1640. The van der Waals surface area contributed by atoms with Crippen LogP contribution in [0.5, 0.6) is 0 Å². The second-order valence-corrected chi connectivity index (χ2v) is 12.9. The molecule has 5 heterocycles. The second kappa shape index (κ2) is 10.6. The lowest BCUT2D eigenvalue weighted by molar-refractivity contribution is 0.0669. The number of imidazole rings is 1. The number of fused-ring (bicyclic) bond motifs is 2. The van der Waals surface area contributed by atoms with Crippen LogP contribution in [-0.4, -0.2) is 77.7 Å². The normalized spacial score (nSPS) is 19.9. The van der Waals surface area contributed by atoms with E-state index in [1.807, 2.05) is 45.3 Å². The van der Waals surface area contributed by atoms with Crippen LogP contribution in [0.2, 0.25) is 0 Å². The number of nitrogens with one attached hydrogen (secondary N) is 1. The molecule has 42 heavy (non-hydrogen) atoms. The van der Waals surface area contributed by atoms with E-state index in [0.29, 0.717) is 22.7 Å². The summed E-state index contributed by atoms with van der Waals surface area (Å²) in [6.45, 7) is 15.1. The Labute approximate surface area is 244 Å². The molecule has 2 aliphatic rings. The number of rotatable bonds is 6. The fourth-order valence-electron chi connectivity index (χ4n) is 6.23. The van der Waals surface area contributed by atoms with Crippen molar-refractivity contribution in [3.8, 4) is 11.3 Å². The SMILES string of the molecule is Cc1nc2c(F)cc(-c3nc(Nc4ccc5c(n4)CCN(CCN4CCC(C)(O)C4)C5)ncc3F)cc2n1C(C)(C)C. The lowest BCUT2D eigenvalue weighted by Crippen LogP contribution is -2.38. The van der Waals surface area contributed by atoms with E-state index in [0.717, 1.165) is 64.0 Å². The first-order chi connectivity index (χ1) is 19.9. The zero-order valence-electron chi connectivity index (χ0n) is 24.9. The van der Waals surface area contributed by atoms with E-state index >= 15 is 4.39 Å². The molecule has 0 saturated carbocycles. The molecule has 0 spiro atoms. The molecule has 1 aromatic carbocycles. The summed E-state index contributed by atoms with van der Waals surface area (Å²) in [5.74, 6) is 0.259. The third kappa shape index (κ3) is 5.73. The molecule has 1 atom stereocenters. The molecule has 1 saturated heterocycles. The maximum atomic E-state index is 15.2. The van der Waals surface area contributed by atoms with Gasteiger partial charge in [0, 0.05) is 62.5 Å². The summed E-state index contributed by atoms with van der Waals surface area (Å²) in [5.41, 5.74) is 2.42. The molecule has 0 radical (unpaired) electrons. The molecule has 2 aliphatic heterocycles. The Hall–Kier alpha value is -3.54. The molecule has 9 nitrogen and oxygen atoms in total. The molecule has 0 bridgehead atoms. The summed E-state index contributed by atoms with van der Waals surface area (Å²) in [4.78, 5) is 22.5. The summed E-state index contributed by atoms with van der Waals surface area (Å²) in [6, 6.07) is 6.93. The second-order valence-electron chi connectivity index (χ2n) is 12.9. The molecule has 6 rings (SSSR count). The molecule has 222 valence electrons. The maximum absolute atomic E-state index is 15.2. The van der Waals surface area contributed by atoms with Crippen molar-refractivity contribution in [2.75, 3.05) is 38.0 Å². The van der Waals surface area contributed by atoms with Gasteiger partial charge in [0.25, 0.3) is 0 Å². The summed E-state index contributed by atoms with van der Waals surface area (Å²) >= 11 is 0. The minimum Gasteiger partial charge on any atom is -0.389 e. The number of β-amino-alcohol motifs (C(OH)–C–C–N with tert-alkyl or cyclic N) is 1. The number of halogens is 2. The van der Waals surface area contributed by atoms with Crippen LogP contribution < -0.4 is 5.32 Å². The van der Waals surface area contributed by atoms with E-state index in [-0.39, 0.29) is 22.7 Å². The molecular formula is C31H38F2N8O. The van der Waals surface area contributed by atoms with Crippen molar-refractivity contribution in [2.45, 2.75) is 65.1 Å². The number of aliphatic hydroxyl groups is 1. The molecule has 4 aromatic rings. The van der Waals surface area contributed by atoms with Gasteiger partial charge in [-0.15, -0.1) is 0 Å². The van der Waals surface area contributed by atoms with Crippen LogP contribution >= 0.6 is 0 Å². The number of nitrogens with zero attached hydrogens (tertiary/aromatic N) is 7. The van der Waals surface area contributed by atoms with E-state index < -0.39 is 17.2 Å². The highest BCUT2D eigenvalue weighted by Crippen LogP contribution is 2.32. The number of aryl methyl sites for hydroxylation is 1. The molecule has 1 unspecified atom stereocenters. The van der Waals surface area contributed by atoms with Gasteiger partial charge < -0.3 is 15.0 Å². The highest BCUT2D eigenvalue weighted by Gasteiger charge is 2.31. The molecular weight excluding hydrogens is 538 g/mol. The minimum atomic E-state index is -0.645. The van der Waals surface area contributed by atoms with Gasteiger partial charge in [-0.3, -0.25) is 9.80 Å². The zero-order chi connectivity index (χ0) is 29.8. The van der Waals surface area contributed by atoms with Crippen molar-refractivity contribution in [1.29, 1.82) is 0 Å². The van der Waals surface area contributed by atoms with Crippen molar-refractivity contribution in [2.24, 2.45) is 0 Å². The summed E-state index contributed by atoms with van der Waals surface area (Å²) < 4.78 is 32.1. The standard InChI is InChI=1S/C31H38F2N8O/c1-19-35-28-22(32)14-21(15-25(28)41(19)30(2,3)4)27-23(33)16-34-29(38-27)37-26-7-6-20-17-39(10-8-24(20)36-26)12-13-40-11-9-31(5,42)18-40/h6-7,14-16,42H,8-13,17-18H2,1-5H3,(H,34,36,37,38). The molecule has 3 aromatic heterocycles. The summed E-state index contributed by atoms with van der Waals surface area (Å²) in [7, 11) is 0. The Morgan fingerprint density at radius 1 is 1.02 bits per heavy atom. The summed E-state index contributed by atoms with van der Waals surface area (Å²) in [5, 5.41) is 13.3. The first kappa shape index (κ1) is 28.6. The Morgan fingerprint density at radius 3 is 2.55 bits per heavy atom. The molecule has 11 heteroatoms. The van der Waals surface area contributed by atoms with Crippen LogP contribution in [-0.2, 0) is 18.5 Å². The zero-order valence-corrected chi connectivity index (χ0v) is 24.9. The predicted molar refractivity (Wildman–Crippen MR) is 159 cm³/mol. The first-order valence-electron chi connectivity index (χ1n) is 14.5. The monoisotopic (exact) mass is 576 g/mol. The number of likely N-dealkylation sites (tertiary alicyclic amines) is 1. The number of pyridine rings is 1.